The number of carbonyl (C=O) groups is 2. The van der Waals surface area contributed by atoms with E-state index in [1.165, 1.54) is 22.5 Å². The van der Waals surface area contributed by atoms with Gasteiger partial charge in [0.1, 0.15) is 28.1 Å². The smallest absolute Gasteiger partial charge is 0.257 e. The Kier molecular flexibility index (Phi) is 7.71. The second kappa shape index (κ2) is 10.1. The molecular formula is C22H24ClF2N3O4S. The molecule has 1 aliphatic heterocycles. The number of hydrogen-bond acceptors (Lipinski definition) is 4. The van der Waals surface area contributed by atoms with E-state index in [1.54, 1.807) is 13.8 Å². The van der Waals surface area contributed by atoms with Crippen molar-refractivity contribution in [1.29, 1.82) is 0 Å². The van der Waals surface area contributed by atoms with Crippen molar-refractivity contribution in [2.24, 2.45) is 5.92 Å². The Morgan fingerprint density at radius 3 is 2.24 bits per heavy atom. The minimum absolute atomic E-state index is 0.0173. The maximum Gasteiger partial charge on any atom is 0.257 e. The van der Waals surface area contributed by atoms with Crippen LogP contribution in [0.15, 0.2) is 41.3 Å². The first-order valence-electron chi connectivity index (χ1n) is 10.4. The van der Waals surface area contributed by atoms with Crippen LogP contribution in [-0.4, -0.2) is 43.7 Å². The van der Waals surface area contributed by atoms with E-state index >= 15 is 0 Å². The SMILES string of the molecule is CC(C)[C@H](NC(=O)c1c(F)cccc1F)C(=O)Nc1ccc(Cl)c(S(=O)(=O)N2CCCC2)c1. The molecule has 1 atom stereocenters. The summed E-state index contributed by atoms with van der Waals surface area (Å²) in [5.74, 6) is -4.30. The zero-order chi connectivity index (χ0) is 24.3. The Morgan fingerprint density at radius 2 is 1.67 bits per heavy atom. The van der Waals surface area contributed by atoms with E-state index in [4.69, 9.17) is 11.6 Å². The van der Waals surface area contributed by atoms with E-state index in [9.17, 15) is 26.8 Å². The van der Waals surface area contributed by atoms with E-state index in [-0.39, 0.29) is 15.6 Å². The van der Waals surface area contributed by atoms with E-state index in [0.717, 1.165) is 31.0 Å². The Bertz CT molecular complexity index is 1150. The molecule has 1 saturated heterocycles. The van der Waals surface area contributed by atoms with Gasteiger partial charge in [0.15, 0.2) is 0 Å². The molecule has 2 aromatic rings. The molecule has 178 valence electrons. The summed E-state index contributed by atoms with van der Waals surface area (Å²) in [6.07, 6.45) is 1.51. The Hall–Kier alpha value is -2.56. The molecule has 0 unspecified atom stereocenters. The summed E-state index contributed by atoms with van der Waals surface area (Å²) in [6.45, 7) is 4.08. The maximum atomic E-state index is 13.9. The van der Waals surface area contributed by atoms with Gasteiger partial charge >= 0.3 is 0 Å². The van der Waals surface area contributed by atoms with Gasteiger partial charge < -0.3 is 10.6 Å². The number of benzene rings is 2. The van der Waals surface area contributed by atoms with Gasteiger partial charge in [-0.25, -0.2) is 17.2 Å². The normalized spacial score (nSPS) is 15.5. The van der Waals surface area contributed by atoms with Crippen molar-refractivity contribution in [2.75, 3.05) is 18.4 Å². The van der Waals surface area contributed by atoms with Crippen LogP contribution in [0, 0.1) is 17.6 Å². The van der Waals surface area contributed by atoms with Crippen LogP contribution in [0.2, 0.25) is 5.02 Å². The molecule has 33 heavy (non-hydrogen) atoms. The molecule has 7 nitrogen and oxygen atoms in total. The number of anilines is 1. The summed E-state index contributed by atoms with van der Waals surface area (Å²) in [6, 6.07) is 5.91. The zero-order valence-electron chi connectivity index (χ0n) is 18.1. The number of carbonyl (C=O) groups excluding carboxylic acids is 2. The number of rotatable bonds is 7. The molecule has 3 rings (SSSR count). The first-order chi connectivity index (χ1) is 15.5. The Morgan fingerprint density at radius 1 is 1.06 bits per heavy atom. The van der Waals surface area contributed by atoms with Crippen LogP contribution in [0.3, 0.4) is 0 Å². The van der Waals surface area contributed by atoms with Crippen molar-refractivity contribution in [3.63, 3.8) is 0 Å². The second-order valence-electron chi connectivity index (χ2n) is 8.04. The molecule has 0 radical (unpaired) electrons. The standard InChI is InChI=1S/C22H24ClF2N3O4S/c1-13(2)20(27-21(29)19-16(24)6-5-7-17(19)25)22(30)26-14-8-9-15(23)18(12-14)33(31,32)28-10-3-4-11-28/h5-9,12-13,20H,3-4,10-11H2,1-2H3,(H,26,30)(H,27,29)/t20-/m0/s1. The number of nitrogens with one attached hydrogen (secondary N) is 2. The summed E-state index contributed by atoms with van der Waals surface area (Å²) in [5, 5.41) is 4.93. The molecular weight excluding hydrogens is 476 g/mol. The number of halogens is 3. The molecule has 0 saturated carbocycles. The fraction of sp³-hybridized carbons (Fsp3) is 0.364. The molecule has 2 N–H and O–H groups in total. The first kappa shape index (κ1) is 25.1. The van der Waals surface area contributed by atoms with Gasteiger partial charge in [0, 0.05) is 18.8 Å². The predicted molar refractivity (Wildman–Crippen MR) is 121 cm³/mol. The van der Waals surface area contributed by atoms with Gasteiger partial charge in [0.05, 0.1) is 5.02 Å². The molecule has 11 heteroatoms. The molecule has 0 aliphatic carbocycles. The highest BCUT2D eigenvalue weighted by atomic mass is 35.5. The third kappa shape index (κ3) is 5.51. The molecule has 2 amide bonds. The van der Waals surface area contributed by atoms with Crippen molar-refractivity contribution in [3.05, 3.63) is 58.6 Å². The van der Waals surface area contributed by atoms with Gasteiger partial charge in [-0.2, -0.15) is 4.31 Å². The van der Waals surface area contributed by atoms with E-state index in [0.29, 0.717) is 13.1 Å². The van der Waals surface area contributed by atoms with Crippen molar-refractivity contribution in [3.8, 4) is 0 Å². The highest BCUT2D eigenvalue weighted by molar-refractivity contribution is 7.89. The average Bonchev–Trinajstić information content (AvgIpc) is 3.28. The van der Waals surface area contributed by atoms with E-state index < -0.39 is 51.0 Å². The van der Waals surface area contributed by atoms with Crippen LogP contribution in [0.25, 0.3) is 0 Å². The van der Waals surface area contributed by atoms with Gasteiger partial charge in [-0.1, -0.05) is 31.5 Å². The third-order valence-corrected chi connectivity index (χ3v) is 7.69. The molecule has 0 spiro atoms. The fourth-order valence-electron chi connectivity index (χ4n) is 3.53. The van der Waals surface area contributed by atoms with Crippen molar-refractivity contribution in [2.45, 2.75) is 37.6 Å². The highest BCUT2D eigenvalue weighted by Gasteiger charge is 2.31. The average molecular weight is 500 g/mol. The lowest BCUT2D eigenvalue weighted by atomic mass is 10.0. The molecule has 1 aliphatic rings. The van der Waals surface area contributed by atoms with Crippen LogP contribution in [-0.2, 0) is 14.8 Å². The molecule has 0 aromatic heterocycles. The summed E-state index contributed by atoms with van der Waals surface area (Å²) >= 11 is 6.13. The number of hydrogen-bond donors (Lipinski definition) is 2. The maximum absolute atomic E-state index is 13.9. The van der Waals surface area contributed by atoms with Crippen LogP contribution in [0.4, 0.5) is 14.5 Å². The fourth-order valence-corrected chi connectivity index (χ4v) is 5.55. The first-order valence-corrected chi connectivity index (χ1v) is 12.2. The lowest BCUT2D eigenvalue weighted by molar-refractivity contribution is -0.118. The quantitative estimate of drug-likeness (QED) is 0.605. The van der Waals surface area contributed by atoms with E-state index in [1.807, 2.05) is 0 Å². The third-order valence-electron chi connectivity index (χ3n) is 5.31. The summed E-state index contributed by atoms with van der Waals surface area (Å²) < 4.78 is 55.0. The second-order valence-corrected chi connectivity index (χ2v) is 10.4. The van der Waals surface area contributed by atoms with Gasteiger partial charge in [-0.15, -0.1) is 0 Å². The predicted octanol–water partition coefficient (Wildman–Crippen LogP) is 3.80. The van der Waals surface area contributed by atoms with Gasteiger partial charge in [0.2, 0.25) is 15.9 Å². The minimum atomic E-state index is -3.83. The van der Waals surface area contributed by atoms with E-state index in [2.05, 4.69) is 10.6 Å². The topological polar surface area (TPSA) is 95.6 Å². The lowest BCUT2D eigenvalue weighted by Crippen LogP contribution is -2.47. The highest BCUT2D eigenvalue weighted by Crippen LogP contribution is 2.29. The van der Waals surface area contributed by atoms with Crippen LogP contribution in [0.1, 0.15) is 37.0 Å². The number of amides is 2. The van der Waals surface area contributed by atoms with Gasteiger partial charge in [-0.05, 0) is 49.1 Å². The van der Waals surface area contributed by atoms with Crippen LogP contribution >= 0.6 is 11.6 Å². The van der Waals surface area contributed by atoms with Gasteiger partial charge in [0.25, 0.3) is 5.91 Å². The van der Waals surface area contributed by atoms with Crippen molar-refractivity contribution < 1.29 is 26.8 Å². The minimum Gasteiger partial charge on any atom is -0.340 e. The molecule has 1 heterocycles. The Labute approximate surface area is 196 Å². The molecule has 0 bridgehead atoms. The molecule has 2 aromatic carbocycles. The number of sulfonamides is 1. The largest absolute Gasteiger partial charge is 0.340 e. The number of nitrogens with zero attached hydrogens (tertiary/aromatic N) is 1. The monoisotopic (exact) mass is 499 g/mol. The van der Waals surface area contributed by atoms with Crippen LogP contribution in [0.5, 0.6) is 0 Å². The summed E-state index contributed by atoms with van der Waals surface area (Å²) in [7, 11) is -3.83. The van der Waals surface area contributed by atoms with Gasteiger partial charge in [-0.3, -0.25) is 9.59 Å². The zero-order valence-corrected chi connectivity index (χ0v) is 19.6. The van der Waals surface area contributed by atoms with Crippen LogP contribution < -0.4 is 10.6 Å². The molecule has 1 fully saturated rings. The summed E-state index contributed by atoms with van der Waals surface area (Å²) in [4.78, 5) is 25.2. The summed E-state index contributed by atoms with van der Waals surface area (Å²) in [5.41, 5.74) is -0.638. The van der Waals surface area contributed by atoms with Crippen molar-refractivity contribution in [1.82, 2.24) is 9.62 Å². The van der Waals surface area contributed by atoms with Crippen molar-refractivity contribution >= 4 is 39.1 Å². The lowest BCUT2D eigenvalue weighted by Gasteiger charge is -2.22. The Balaban J connectivity index is 1.82.